The fraction of sp³-hybridized carbons (Fsp3) is 0.280. The van der Waals surface area contributed by atoms with Crippen LogP contribution in [0.3, 0.4) is 0 Å². The van der Waals surface area contributed by atoms with Gasteiger partial charge < -0.3 is 24.4 Å². The van der Waals surface area contributed by atoms with Crippen LogP contribution in [0.5, 0.6) is 11.6 Å². The maximum absolute atomic E-state index is 13.1. The Morgan fingerprint density at radius 3 is 2.42 bits per heavy atom. The van der Waals surface area contributed by atoms with Gasteiger partial charge in [0.1, 0.15) is 11.9 Å². The maximum Gasteiger partial charge on any atom is 0.312 e. The van der Waals surface area contributed by atoms with E-state index >= 15 is 0 Å². The molecule has 0 radical (unpaired) electrons. The van der Waals surface area contributed by atoms with Crippen molar-refractivity contribution in [3.05, 3.63) is 88.0 Å². The van der Waals surface area contributed by atoms with E-state index in [9.17, 15) is 15.0 Å². The van der Waals surface area contributed by atoms with E-state index < -0.39 is 35.1 Å². The van der Waals surface area contributed by atoms with Gasteiger partial charge in [0.2, 0.25) is 5.88 Å². The average molecular weight is 512 g/mol. The van der Waals surface area contributed by atoms with Crippen LogP contribution in [0.2, 0.25) is 0 Å². The molecule has 5 rings (SSSR count). The second kappa shape index (κ2) is 7.83. The molecule has 1 saturated carbocycles. The second-order valence-electron chi connectivity index (χ2n) is 8.19. The van der Waals surface area contributed by atoms with Gasteiger partial charge in [0.15, 0.2) is 11.2 Å². The Hall–Kier alpha value is -2.94. The molecule has 0 bridgehead atoms. The summed E-state index contributed by atoms with van der Waals surface area (Å²) in [6, 6.07) is 18.1. The minimum Gasteiger partial charge on any atom is -0.481 e. The number of fused-ring (bicyclic) bond motifs is 3. The molecular weight excluding hydrogens is 490 g/mol. The van der Waals surface area contributed by atoms with Gasteiger partial charge in [-0.1, -0.05) is 58.4 Å². The first-order chi connectivity index (χ1) is 15.9. The SMILES string of the molecule is COC(=O)[C@H]1[C@@H](O)[C@@]2(O)c3c(ccnc3OC)O[C@@]2(c2ccc(Br)cc2)[C@@H]1c1ccccc1. The number of carbonyl (C=O) groups excluding carboxylic acids is 1. The summed E-state index contributed by atoms with van der Waals surface area (Å²) in [5.41, 5.74) is -2.12. The second-order valence-corrected chi connectivity index (χ2v) is 9.10. The third-order valence-corrected chi connectivity index (χ3v) is 7.29. The molecule has 1 aliphatic carbocycles. The zero-order chi connectivity index (χ0) is 23.4. The van der Waals surface area contributed by atoms with Crippen molar-refractivity contribution >= 4 is 21.9 Å². The number of esters is 1. The van der Waals surface area contributed by atoms with E-state index in [-0.39, 0.29) is 11.4 Å². The van der Waals surface area contributed by atoms with E-state index in [2.05, 4.69) is 20.9 Å². The van der Waals surface area contributed by atoms with Crippen LogP contribution >= 0.6 is 15.9 Å². The zero-order valence-corrected chi connectivity index (χ0v) is 19.5. The quantitative estimate of drug-likeness (QED) is 0.518. The van der Waals surface area contributed by atoms with Gasteiger partial charge >= 0.3 is 5.97 Å². The van der Waals surface area contributed by atoms with Crippen LogP contribution in [0.25, 0.3) is 0 Å². The first-order valence-corrected chi connectivity index (χ1v) is 11.2. The maximum atomic E-state index is 13.1. The van der Waals surface area contributed by atoms with Crippen molar-refractivity contribution in [2.24, 2.45) is 5.92 Å². The Morgan fingerprint density at radius 1 is 1.09 bits per heavy atom. The number of methoxy groups -OCH3 is 2. The van der Waals surface area contributed by atoms with Crippen molar-refractivity contribution in [3.63, 3.8) is 0 Å². The van der Waals surface area contributed by atoms with Crippen LogP contribution in [-0.2, 0) is 20.7 Å². The molecule has 170 valence electrons. The lowest BCUT2D eigenvalue weighted by Gasteiger charge is -2.40. The van der Waals surface area contributed by atoms with Gasteiger partial charge in [0, 0.05) is 16.6 Å². The van der Waals surface area contributed by atoms with Crippen LogP contribution in [0, 0.1) is 5.92 Å². The van der Waals surface area contributed by atoms with Gasteiger partial charge in [-0.05, 0) is 29.3 Å². The molecule has 33 heavy (non-hydrogen) atoms. The number of aliphatic hydroxyl groups excluding tert-OH is 1. The van der Waals surface area contributed by atoms with Crippen LogP contribution in [0.4, 0.5) is 0 Å². The van der Waals surface area contributed by atoms with E-state index in [0.29, 0.717) is 16.9 Å². The molecule has 3 aromatic rings. The first-order valence-electron chi connectivity index (χ1n) is 10.4. The molecule has 7 nitrogen and oxygen atoms in total. The van der Waals surface area contributed by atoms with Crippen LogP contribution in [-0.4, -0.2) is 41.5 Å². The van der Waals surface area contributed by atoms with E-state index in [1.165, 1.54) is 20.4 Å². The number of pyridine rings is 1. The predicted octanol–water partition coefficient (Wildman–Crippen LogP) is 3.28. The number of nitrogens with zero attached hydrogens (tertiary/aromatic N) is 1. The summed E-state index contributed by atoms with van der Waals surface area (Å²) in [6.07, 6.45) is -0.0582. The summed E-state index contributed by atoms with van der Waals surface area (Å²) in [5.74, 6) is -2.11. The minimum absolute atomic E-state index is 0.116. The summed E-state index contributed by atoms with van der Waals surface area (Å²) in [7, 11) is 2.69. The summed E-state index contributed by atoms with van der Waals surface area (Å²) < 4.78 is 18.0. The molecular formula is C25H22BrNO6. The van der Waals surface area contributed by atoms with Gasteiger partial charge in [-0.2, -0.15) is 0 Å². The third-order valence-electron chi connectivity index (χ3n) is 6.76. The minimum atomic E-state index is -2.06. The highest BCUT2D eigenvalue weighted by Crippen LogP contribution is 2.69. The number of aromatic nitrogens is 1. The van der Waals surface area contributed by atoms with Gasteiger partial charge in [-0.3, -0.25) is 4.79 Å². The molecule has 1 aromatic heterocycles. The van der Waals surface area contributed by atoms with E-state index in [0.717, 1.165) is 4.47 Å². The van der Waals surface area contributed by atoms with Gasteiger partial charge in [0.25, 0.3) is 0 Å². The predicted molar refractivity (Wildman–Crippen MR) is 122 cm³/mol. The number of aliphatic hydroxyl groups is 2. The average Bonchev–Trinajstić information content (AvgIpc) is 3.22. The lowest BCUT2D eigenvalue weighted by molar-refractivity contribution is -0.161. The van der Waals surface area contributed by atoms with Crippen molar-refractivity contribution in [3.8, 4) is 11.6 Å². The largest absolute Gasteiger partial charge is 0.481 e. The number of ether oxygens (including phenoxy) is 3. The van der Waals surface area contributed by atoms with E-state index in [4.69, 9.17) is 14.2 Å². The number of rotatable bonds is 4. The lowest BCUT2D eigenvalue weighted by Crippen LogP contribution is -2.52. The fourth-order valence-corrected chi connectivity index (χ4v) is 5.74. The fourth-order valence-electron chi connectivity index (χ4n) is 5.48. The van der Waals surface area contributed by atoms with Crippen molar-refractivity contribution in [2.45, 2.75) is 23.2 Å². The van der Waals surface area contributed by atoms with Crippen LogP contribution in [0.15, 0.2) is 71.3 Å². The number of hydrogen-bond acceptors (Lipinski definition) is 7. The molecule has 0 saturated heterocycles. The number of hydrogen-bond donors (Lipinski definition) is 2. The van der Waals surface area contributed by atoms with E-state index in [1.807, 2.05) is 54.6 Å². The first kappa shape index (κ1) is 21.9. The highest BCUT2D eigenvalue weighted by atomic mass is 79.9. The molecule has 2 aliphatic rings. The van der Waals surface area contributed by atoms with Crippen LogP contribution < -0.4 is 9.47 Å². The topological polar surface area (TPSA) is 98.1 Å². The Kier molecular flexibility index (Phi) is 5.19. The molecule has 1 fully saturated rings. The summed E-state index contributed by atoms with van der Waals surface area (Å²) in [6.45, 7) is 0. The monoisotopic (exact) mass is 511 g/mol. The zero-order valence-electron chi connectivity index (χ0n) is 17.9. The smallest absolute Gasteiger partial charge is 0.312 e. The normalized spacial score (nSPS) is 29.7. The summed E-state index contributed by atoms with van der Waals surface area (Å²) in [4.78, 5) is 17.3. The molecule has 0 spiro atoms. The molecule has 2 aromatic carbocycles. The highest BCUT2D eigenvalue weighted by Gasteiger charge is 2.78. The molecule has 5 atom stereocenters. The van der Waals surface area contributed by atoms with Crippen LogP contribution in [0.1, 0.15) is 22.6 Å². The number of carbonyl (C=O) groups is 1. The van der Waals surface area contributed by atoms with Gasteiger partial charge in [0.05, 0.1) is 25.7 Å². The Balaban J connectivity index is 1.89. The molecule has 8 heteroatoms. The highest BCUT2D eigenvalue weighted by molar-refractivity contribution is 9.10. The van der Waals surface area contributed by atoms with Crippen molar-refractivity contribution < 1.29 is 29.2 Å². The van der Waals surface area contributed by atoms with E-state index in [1.54, 1.807) is 6.07 Å². The molecule has 0 unspecified atom stereocenters. The van der Waals surface area contributed by atoms with Crippen molar-refractivity contribution in [1.82, 2.24) is 4.98 Å². The Bertz CT molecular complexity index is 1200. The summed E-state index contributed by atoms with van der Waals surface area (Å²) in [5, 5.41) is 24.1. The van der Waals surface area contributed by atoms with Crippen molar-refractivity contribution in [2.75, 3.05) is 14.2 Å². The number of halogens is 1. The molecule has 1 aliphatic heterocycles. The molecule has 0 amide bonds. The molecule has 2 heterocycles. The number of benzene rings is 2. The van der Waals surface area contributed by atoms with Crippen molar-refractivity contribution in [1.29, 1.82) is 0 Å². The van der Waals surface area contributed by atoms with Gasteiger partial charge in [-0.25, -0.2) is 4.98 Å². The summed E-state index contributed by atoms with van der Waals surface area (Å²) >= 11 is 3.45. The molecule has 2 N–H and O–H groups in total. The van der Waals surface area contributed by atoms with Gasteiger partial charge in [-0.15, -0.1) is 0 Å². The Morgan fingerprint density at radius 2 is 1.79 bits per heavy atom. The third kappa shape index (κ3) is 2.81. The standard InChI is InChI=1S/C25H22BrNO6/c1-31-22-20-17(12-13-27-22)33-25(15-8-10-16(26)11-9-15)19(14-6-4-3-5-7-14)18(23(29)32-2)21(28)24(20,25)30/h3-13,18-19,21,28,30H,1-2H3/t18-,19-,21-,24+,25+/m1/s1. The lowest BCUT2D eigenvalue weighted by atomic mass is 9.71. The Labute approximate surface area is 199 Å².